The van der Waals surface area contributed by atoms with Crippen LogP contribution in [0.4, 0.5) is 0 Å². The number of carbonyl (C=O) groups excluding carboxylic acids is 2. The van der Waals surface area contributed by atoms with Gasteiger partial charge in [0.05, 0.1) is 0 Å². The number of thiophene rings is 1. The molecule has 2 aliphatic heterocycles. The van der Waals surface area contributed by atoms with E-state index in [4.69, 9.17) is 0 Å². The molecule has 0 bridgehead atoms. The third-order valence-corrected chi connectivity index (χ3v) is 6.20. The Balaban J connectivity index is 1.41. The Morgan fingerprint density at radius 1 is 1.35 bits per heavy atom. The Morgan fingerprint density at radius 3 is 2.83 bits per heavy atom. The molecular formula is C16H23N3O2S2. The van der Waals surface area contributed by atoms with Gasteiger partial charge in [0.25, 0.3) is 5.91 Å². The van der Waals surface area contributed by atoms with Gasteiger partial charge in [-0.3, -0.25) is 9.59 Å². The van der Waals surface area contributed by atoms with E-state index >= 15 is 0 Å². The second-order valence-corrected chi connectivity index (χ2v) is 8.00. The highest BCUT2D eigenvalue weighted by Crippen LogP contribution is 2.16. The molecule has 2 amide bonds. The first-order chi connectivity index (χ1) is 11.2. The number of amides is 2. The molecule has 3 heterocycles. The first-order valence-electron chi connectivity index (χ1n) is 8.14. The Morgan fingerprint density at radius 2 is 2.17 bits per heavy atom. The number of hydrogen-bond acceptors (Lipinski definition) is 5. The molecule has 23 heavy (non-hydrogen) atoms. The van der Waals surface area contributed by atoms with Gasteiger partial charge in [-0.1, -0.05) is 0 Å². The molecule has 0 spiro atoms. The maximum absolute atomic E-state index is 12.4. The van der Waals surface area contributed by atoms with Crippen molar-refractivity contribution in [2.24, 2.45) is 0 Å². The van der Waals surface area contributed by atoms with Gasteiger partial charge in [-0.2, -0.15) is 23.1 Å². The standard InChI is InChI=1S/C16H23N3O2S2/c20-15(9-14-11-23-8-4-17-14)19-5-1-13(2-6-19)18-16(21)12-3-7-22-10-12/h3,7,10,13-14,17H,1-2,4-6,8-9,11H2,(H,18,21). The molecule has 1 aromatic rings. The summed E-state index contributed by atoms with van der Waals surface area (Å²) in [6.45, 7) is 2.49. The highest BCUT2D eigenvalue weighted by Gasteiger charge is 2.26. The summed E-state index contributed by atoms with van der Waals surface area (Å²) in [6, 6.07) is 2.33. The average molecular weight is 354 g/mol. The van der Waals surface area contributed by atoms with Crippen molar-refractivity contribution in [3.63, 3.8) is 0 Å². The van der Waals surface area contributed by atoms with Gasteiger partial charge in [0.2, 0.25) is 5.91 Å². The second-order valence-electron chi connectivity index (χ2n) is 6.07. The first kappa shape index (κ1) is 16.8. The summed E-state index contributed by atoms with van der Waals surface area (Å²) in [4.78, 5) is 26.4. The molecule has 5 nitrogen and oxygen atoms in total. The average Bonchev–Trinajstić information content (AvgIpc) is 3.11. The fourth-order valence-corrected chi connectivity index (χ4v) is 4.61. The zero-order valence-corrected chi connectivity index (χ0v) is 14.8. The fraction of sp³-hybridized carbons (Fsp3) is 0.625. The van der Waals surface area contributed by atoms with Crippen molar-refractivity contribution in [3.05, 3.63) is 22.4 Å². The highest BCUT2D eigenvalue weighted by molar-refractivity contribution is 7.99. The van der Waals surface area contributed by atoms with Crippen LogP contribution in [0.3, 0.4) is 0 Å². The number of carbonyl (C=O) groups is 2. The van der Waals surface area contributed by atoms with Crippen LogP contribution in [0.25, 0.3) is 0 Å². The smallest absolute Gasteiger partial charge is 0.252 e. The van der Waals surface area contributed by atoms with Crippen LogP contribution in [0.5, 0.6) is 0 Å². The topological polar surface area (TPSA) is 61.4 Å². The summed E-state index contributed by atoms with van der Waals surface area (Å²) in [5.74, 6) is 2.41. The molecule has 7 heteroatoms. The third kappa shape index (κ3) is 4.71. The van der Waals surface area contributed by atoms with Gasteiger partial charge in [0, 0.05) is 60.6 Å². The fourth-order valence-electron chi connectivity index (χ4n) is 3.03. The van der Waals surface area contributed by atoms with Crippen LogP contribution in [0.1, 0.15) is 29.6 Å². The number of nitrogens with one attached hydrogen (secondary N) is 2. The van der Waals surface area contributed by atoms with E-state index in [2.05, 4.69) is 10.6 Å². The van der Waals surface area contributed by atoms with Crippen molar-refractivity contribution in [2.45, 2.75) is 31.3 Å². The molecule has 2 N–H and O–H groups in total. The summed E-state index contributed by atoms with van der Waals surface area (Å²) in [5.41, 5.74) is 0.731. The van der Waals surface area contributed by atoms with E-state index in [-0.39, 0.29) is 17.9 Å². The maximum atomic E-state index is 12.4. The van der Waals surface area contributed by atoms with Crippen LogP contribution in [0, 0.1) is 0 Å². The Hall–Kier alpha value is -1.05. The number of thioether (sulfide) groups is 1. The summed E-state index contributed by atoms with van der Waals surface area (Å²) < 4.78 is 0. The Labute approximate surface area is 145 Å². The molecule has 126 valence electrons. The zero-order chi connectivity index (χ0) is 16.1. The van der Waals surface area contributed by atoms with E-state index in [1.165, 1.54) is 11.3 Å². The van der Waals surface area contributed by atoms with Gasteiger partial charge in [-0.05, 0) is 24.3 Å². The number of rotatable bonds is 4. The lowest BCUT2D eigenvalue weighted by molar-refractivity contribution is -0.132. The van der Waals surface area contributed by atoms with E-state index < -0.39 is 0 Å². The summed E-state index contributed by atoms with van der Waals surface area (Å²) in [6.07, 6.45) is 2.28. The van der Waals surface area contributed by atoms with Gasteiger partial charge in [0.1, 0.15) is 0 Å². The molecule has 1 aromatic heterocycles. The number of hydrogen-bond donors (Lipinski definition) is 2. The van der Waals surface area contributed by atoms with E-state index in [0.29, 0.717) is 12.5 Å². The van der Waals surface area contributed by atoms with Crippen molar-refractivity contribution >= 4 is 34.9 Å². The molecule has 0 aromatic carbocycles. The minimum Gasteiger partial charge on any atom is -0.349 e. The van der Waals surface area contributed by atoms with Gasteiger partial charge in [-0.15, -0.1) is 0 Å². The van der Waals surface area contributed by atoms with Crippen molar-refractivity contribution in [2.75, 3.05) is 31.1 Å². The van der Waals surface area contributed by atoms with Crippen molar-refractivity contribution in [3.8, 4) is 0 Å². The van der Waals surface area contributed by atoms with Gasteiger partial charge in [0.15, 0.2) is 0 Å². The molecule has 1 atom stereocenters. The molecule has 0 saturated carbocycles. The van der Waals surface area contributed by atoms with Gasteiger partial charge >= 0.3 is 0 Å². The largest absolute Gasteiger partial charge is 0.349 e. The van der Waals surface area contributed by atoms with E-state index in [9.17, 15) is 9.59 Å². The normalized spacial score (nSPS) is 22.8. The Bertz CT molecular complexity index is 521. The van der Waals surface area contributed by atoms with Crippen LogP contribution in [-0.2, 0) is 4.79 Å². The Kier molecular flexibility index (Phi) is 5.96. The van der Waals surface area contributed by atoms with E-state index in [0.717, 1.165) is 49.5 Å². The minimum absolute atomic E-state index is 0.000503. The minimum atomic E-state index is -0.000503. The first-order valence-corrected chi connectivity index (χ1v) is 10.2. The van der Waals surface area contributed by atoms with Crippen LogP contribution in [-0.4, -0.2) is 59.9 Å². The summed E-state index contributed by atoms with van der Waals surface area (Å²) in [7, 11) is 0. The quantitative estimate of drug-likeness (QED) is 0.862. The molecule has 3 rings (SSSR count). The molecular weight excluding hydrogens is 330 g/mol. The number of piperidine rings is 1. The molecule has 2 saturated heterocycles. The van der Waals surface area contributed by atoms with Crippen LogP contribution >= 0.6 is 23.1 Å². The molecule has 0 radical (unpaired) electrons. The highest BCUT2D eigenvalue weighted by atomic mass is 32.2. The van der Waals surface area contributed by atoms with Crippen molar-refractivity contribution < 1.29 is 9.59 Å². The van der Waals surface area contributed by atoms with Crippen LogP contribution < -0.4 is 10.6 Å². The summed E-state index contributed by atoms with van der Waals surface area (Å²) >= 11 is 3.45. The van der Waals surface area contributed by atoms with Crippen molar-refractivity contribution in [1.29, 1.82) is 0 Å². The molecule has 0 aliphatic carbocycles. The van der Waals surface area contributed by atoms with Gasteiger partial charge in [-0.25, -0.2) is 0 Å². The predicted molar refractivity (Wildman–Crippen MR) is 95.1 cm³/mol. The lowest BCUT2D eigenvalue weighted by Crippen LogP contribution is -2.48. The lowest BCUT2D eigenvalue weighted by atomic mass is 10.0. The predicted octanol–water partition coefficient (Wildman–Crippen LogP) is 1.56. The molecule has 2 fully saturated rings. The lowest BCUT2D eigenvalue weighted by Gasteiger charge is -2.33. The van der Waals surface area contributed by atoms with Crippen LogP contribution in [0.2, 0.25) is 0 Å². The zero-order valence-electron chi connectivity index (χ0n) is 13.1. The van der Waals surface area contributed by atoms with E-state index in [1.54, 1.807) is 0 Å². The van der Waals surface area contributed by atoms with Crippen LogP contribution in [0.15, 0.2) is 16.8 Å². The number of likely N-dealkylation sites (tertiary alicyclic amines) is 1. The monoisotopic (exact) mass is 353 g/mol. The van der Waals surface area contributed by atoms with Gasteiger partial charge < -0.3 is 15.5 Å². The molecule has 2 aliphatic rings. The second kappa shape index (κ2) is 8.17. The molecule has 1 unspecified atom stereocenters. The maximum Gasteiger partial charge on any atom is 0.252 e. The number of nitrogens with zero attached hydrogens (tertiary/aromatic N) is 1. The van der Waals surface area contributed by atoms with Crippen molar-refractivity contribution in [1.82, 2.24) is 15.5 Å². The van der Waals surface area contributed by atoms with E-state index in [1.807, 2.05) is 33.5 Å². The summed E-state index contributed by atoms with van der Waals surface area (Å²) in [5, 5.41) is 10.3. The SMILES string of the molecule is O=C(NC1CCN(C(=O)CC2CSCCN2)CC1)c1ccsc1. The third-order valence-electron chi connectivity index (χ3n) is 4.39.